The van der Waals surface area contributed by atoms with E-state index in [4.69, 9.17) is 9.84 Å². The number of carboxylic acids is 1. The molecule has 0 aliphatic heterocycles. The van der Waals surface area contributed by atoms with E-state index < -0.39 is 29.9 Å². The van der Waals surface area contributed by atoms with Gasteiger partial charge in [-0.2, -0.15) is 0 Å². The molecule has 1 aliphatic rings. The molecule has 112 valence electrons. The van der Waals surface area contributed by atoms with Crippen LogP contribution in [0.2, 0.25) is 0 Å². The molecule has 1 unspecified atom stereocenters. The lowest BCUT2D eigenvalue weighted by molar-refractivity contribution is -0.156. The van der Waals surface area contributed by atoms with E-state index in [0.29, 0.717) is 6.42 Å². The number of aliphatic carboxylic acids is 1. The molecule has 7 nitrogen and oxygen atoms in total. The molecule has 0 saturated carbocycles. The lowest BCUT2D eigenvalue weighted by atomic mass is 10.1. The molecule has 20 heavy (non-hydrogen) atoms. The van der Waals surface area contributed by atoms with Gasteiger partial charge in [0.1, 0.15) is 0 Å². The molecule has 1 aliphatic carbocycles. The maximum absolute atomic E-state index is 11.7. The van der Waals surface area contributed by atoms with E-state index in [1.165, 1.54) is 0 Å². The number of hydrogen-bond acceptors (Lipinski definition) is 5. The number of hydrogen-bond donors (Lipinski definition) is 2. The number of carbonyl (C=O) groups excluding carboxylic acids is 2. The van der Waals surface area contributed by atoms with Crippen molar-refractivity contribution >= 4 is 17.8 Å². The van der Waals surface area contributed by atoms with E-state index in [-0.39, 0.29) is 12.1 Å². The normalized spacial score (nSPS) is 22.6. The maximum atomic E-state index is 11.7. The van der Waals surface area contributed by atoms with Crippen LogP contribution in [0.15, 0.2) is 12.2 Å². The number of esters is 1. The van der Waals surface area contributed by atoms with Crippen LogP contribution >= 0.6 is 0 Å². The number of carbonyl (C=O) groups is 3. The fourth-order valence-corrected chi connectivity index (χ4v) is 1.88. The first kappa shape index (κ1) is 16.2. The highest BCUT2D eigenvalue weighted by Crippen LogP contribution is 2.20. The van der Waals surface area contributed by atoms with Gasteiger partial charge in [0, 0.05) is 13.2 Å². The van der Waals surface area contributed by atoms with Gasteiger partial charge in [-0.15, -0.1) is 0 Å². The summed E-state index contributed by atoms with van der Waals surface area (Å²) in [6.45, 7) is 3.51. The summed E-state index contributed by atoms with van der Waals surface area (Å²) in [7, 11) is 1.14. The van der Waals surface area contributed by atoms with Crippen molar-refractivity contribution in [2.24, 2.45) is 5.92 Å². The Morgan fingerprint density at radius 3 is 2.45 bits per heavy atom. The Hall–Kier alpha value is -1.89. The number of nitrogens with one attached hydrogen (secondary N) is 1. The van der Waals surface area contributed by atoms with Crippen molar-refractivity contribution in [3.8, 4) is 0 Å². The fraction of sp³-hybridized carbons (Fsp3) is 0.615. The minimum absolute atomic E-state index is 0.200. The van der Waals surface area contributed by atoms with Crippen molar-refractivity contribution in [2.75, 3.05) is 7.11 Å². The first-order valence-electron chi connectivity index (χ1n) is 6.30. The highest BCUT2D eigenvalue weighted by molar-refractivity contribution is 6.00. The number of carboxylic acid groups (broad SMARTS) is 1. The number of methoxy groups -OCH3 is 1. The van der Waals surface area contributed by atoms with Gasteiger partial charge in [0.25, 0.3) is 5.91 Å². The largest absolute Gasteiger partial charge is 0.479 e. The maximum Gasteiger partial charge on any atom is 0.342 e. The number of ether oxygens (including phenoxy) is 2. The molecule has 2 N–H and O–H groups in total. The third kappa shape index (κ3) is 4.34. The van der Waals surface area contributed by atoms with Crippen molar-refractivity contribution in [3.63, 3.8) is 0 Å². The van der Waals surface area contributed by atoms with E-state index in [1.54, 1.807) is 26.0 Å². The minimum Gasteiger partial charge on any atom is -0.479 e. The molecule has 0 aromatic rings. The van der Waals surface area contributed by atoms with Gasteiger partial charge >= 0.3 is 11.9 Å². The van der Waals surface area contributed by atoms with Crippen molar-refractivity contribution in [1.29, 1.82) is 0 Å². The predicted octanol–water partition coefficient (Wildman–Crippen LogP) is 0.0985. The average Bonchev–Trinajstić information content (AvgIpc) is 2.76. The first-order valence-corrected chi connectivity index (χ1v) is 6.30. The minimum atomic E-state index is -1.55. The Morgan fingerprint density at radius 1 is 1.30 bits per heavy atom. The third-order valence-electron chi connectivity index (χ3n) is 2.76. The van der Waals surface area contributed by atoms with Gasteiger partial charge in [-0.25, -0.2) is 4.79 Å². The van der Waals surface area contributed by atoms with Crippen LogP contribution in [0.25, 0.3) is 0 Å². The smallest absolute Gasteiger partial charge is 0.342 e. The first-order chi connectivity index (χ1) is 9.35. The average molecular weight is 285 g/mol. The molecule has 3 atom stereocenters. The van der Waals surface area contributed by atoms with Gasteiger partial charge in [-0.3, -0.25) is 9.59 Å². The highest BCUT2D eigenvalue weighted by Gasteiger charge is 2.31. The quantitative estimate of drug-likeness (QED) is 0.407. The molecule has 0 bridgehead atoms. The van der Waals surface area contributed by atoms with Gasteiger partial charge in [0.15, 0.2) is 0 Å². The zero-order valence-electron chi connectivity index (χ0n) is 11.7. The van der Waals surface area contributed by atoms with Crippen LogP contribution in [-0.4, -0.2) is 48.3 Å². The van der Waals surface area contributed by atoms with E-state index in [9.17, 15) is 14.4 Å². The van der Waals surface area contributed by atoms with Crippen LogP contribution in [0.4, 0.5) is 0 Å². The standard InChI is InChI=1S/C13H19NO6/c1-7(2)20-13(18)8-4-5-9(6-8)14-11(15)10(19-3)12(16)17/h4-5,7-10H,6H2,1-3H3,(H,14,15)(H,16,17)/t8-,9+,10?/m1/s1. The molecule has 1 amide bonds. The van der Waals surface area contributed by atoms with Crippen molar-refractivity contribution in [2.45, 2.75) is 38.5 Å². The topological polar surface area (TPSA) is 102 Å². The van der Waals surface area contributed by atoms with Crippen LogP contribution in [-0.2, 0) is 23.9 Å². The zero-order valence-corrected chi connectivity index (χ0v) is 11.7. The summed E-state index contributed by atoms with van der Waals surface area (Å²) in [5.74, 6) is -2.88. The number of rotatable bonds is 6. The van der Waals surface area contributed by atoms with Gasteiger partial charge < -0.3 is 19.9 Å². The monoisotopic (exact) mass is 285 g/mol. The van der Waals surface area contributed by atoms with E-state index in [1.807, 2.05) is 0 Å². The summed E-state index contributed by atoms with van der Waals surface area (Å²) in [6.07, 6.45) is 1.91. The highest BCUT2D eigenvalue weighted by atomic mass is 16.5. The molecule has 0 saturated heterocycles. The molecule has 1 rings (SSSR count). The Kier molecular flexibility index (Phi) is 5.69. The molecule has 0 aromatic heterocycles. The zero-order chi connectivity index (χ0) is 15.3. The van der Waals surface area contributed by atoms with Crippen molar-refractivity contribution in [3.05, 3.63) is 12.2 Å². The van der Waals surface area contributed by atoms with Crippen LogP contribution in [0.5, 0.6) is 0 Å². The van der Waals surface area contributed by atoms with Crippen molar-refractivity contribution in [1.82, 2.24) is 5.32 Å². The summed E-state index contributed by atoms with van der Waals surface area (Å²) in [4.78, 5) is 34.1. The molecule has 0 radical (unpaired) electrons. The predicted molar refractivity (Wildman–Crippen MR) is 68.8 cm³/mol. The molecule has 0 fully saturated rings. The van der Waals surface area contributed by atoms with Crippen LogP contribution in [0.1, 0.15) is 20.3 Å². The Labute approximate surface area is 116 Å². The number of amides is 1. The second-order valence-corrected chi connectivity index (χ2v) is 4.78. The molecule has 0 aromatic carbocycles. The van der Waals surface area contributed by atoms with E-state index in [2.05, 4.69) is 10.1 Å². The molecule has 0 heterocycles. The Balaban J connectivity index is 2.49. The lowest BCUT2D eigenvalue weighted by Crippen LogP contribution is -2.45. The molecular weight excluding hydrogens is 266 g/mol. The second-order valence-electron chi connectivity index (χ2n) is 4.78. The second kappa shape index (κ2) is 7.04. The van der Waals surface area contributed by atoms with Gasteiger partial charge in [-0.1, -0.05) is 12.2 Å². The van der Waals surface area contributed by atoms with Crippen LogP contribution in [0, 0.1) is 5.92 Å². The Bertz CT molecular complexity index is 417. The van der Waals surface area contributed by atoms with Gasteiger partial charge in [-0.05, 0) is 20.3 Å². The SMILES string of the molecule is COC(C(=O)O)C(=O)N[C@H]1C=C[C@@H](C(=O)OC(C)C)C1. The Morgan fingerprint density at radius 2 is 1.95 bits per heavy atom. The lowest BCUT2D eigenvalue weighted by Gasteiger charge is -2.17. The molecular formula is C13H19NO6. The van der Waals surface area contributed by atoms with E-state index >= 15 is 0 Å². The summed E-state index contributed by atoms with van der Waals surface area (Å²) in [6, 6.07) is -0.399. The molecule has 0 spiro atoms. The molecule has 7 heteroatoms. The summed E-state index contributed by atoms with van der Waals surface area (Å²) in [5, 5.41) is 11.3. The summed E-state index contributed by atoms with van der Waals surface area (Å²) >= 11 is 0. The van der Waals surface area contributed by atoms with Gasteiger partial charge in [0.2, 0.25) is 6.10 Å². The van der Waals surface area contributed by atoms with Crippen LogP contribution in [0.3, 0.4) is 0 Å². The van der Waals surface area contributed by atoms with Crippen molar-refractivity contribution < 1.29 is 29.0 Å². The summed E-state index contributed by atoms with van der Waals surface area (Å²) in [5.41, 5.74) is 0. The van der Waals surface area contributed by atoms with Crippen LogP contribution < -0.4 is 5.32 Å². The van der Waals surface area contributed by atoms with Gasteiger partial charge in [0.05, 0.1) is 12.0 Å². The van der Waals surface area contributed by atoms with E-state index in [0.717, 1.165) is 7.11 Å². The third-order valence-corrected chi connectivity index (χ3v) is 2.76. The summed E-state index contributed by atoms with van der Waals surface area (Å²) < 4.78 is 9.66. The fourth-order valence-electron chi connectivity index (χ4n) is 1.88.